The lowest BCUT2D eigenvalue weighted by Crippen LogP contribution is -2.26. The fourth-order valence-electron chi connectivity index (χ4n) is 8.44. The van der Waals surface area contributed by atoms with Crippen LogP contribution in [0.4, 0.5) is 17.1 Å². The zero-order valence-corrected chi connectivity index (χ0v) is 26.1. The van der Waals surface area contributed by atoms with Crippen molar-refractivity contribution >= 4 is 44.9 Å². The predicted molar refractivity (Wildman–Crippen MR) is 198 cm³/mol. The number of carbonyl (C=O) groups is 1. The molecule has 2 nitrogen and oxygen atoms in total. The first-order valence-corrected chi connectivity index (χ1v) is 16.5. The van der Waals surface area contributed by atoms with Crippen LogP contribution >= 0.6 is 0 Å². The molecule has 1 spiro atoms. The van der Waals surface area contributed by atoms with Crippen molar-refractivity contribution in [3.8, 4) is 22.3 Å². The Kier molecular flexibility index (Phi) is 5.68. The fraction of sp³-hybridized carbons (Fsp3) is 0.0217. The maximum absolute atomic E-state index is 12.2. The number of aldehydes is 1. The second kappa shape index (κ2) is 10.1. The van der Waals surface area contributed by atoms with Gasteiger partial charge >= 0.3 is 0 Å². The van der Waals surface area contributed by atoms with Gasteiger partial charge in [0.05, 0.1) is 5.41 Å². The van der Waals surface area contributed by atoms with Crippen LogP contribution in [0.3, 0.4) is 0 Å². The summed E-state index contributed by atoms with van der Waals surface area (Å²) in [6.07, 6.45) is 0.969. The highest BCUT2D eigenvalue weighted by Gasteiger charge is 2.51. The lowest BCUT2D eigenvalue weighted by Gasteiger charge is -2.32. The Labute approximate surface area is 279 Å². The topological polar surface area (TPSA) is 20.3 Å². The molecule has 2 aliphatic rings. The van der Waals surface area contributed by atoms with Crippen LogP contribution in [0.1, 0.15) is 32.6 Å². The van der Waals surface area contributed by atoms with E-state index in [1.807, 2.05) is 6.07 Å². The molecule has 0 amide bonds. The normalized spacial score (nSPS) is 13.2. The molecular formula is C46H29NO. The highest BCUT2D eigenvalue weighted by atomic mass is 16.1. The van der Waals surface area contributed by atoms with E-state index in [0.29, 0.717) is 5.56 Å². The van der Waals surface area contributed by atoms with Crippen molar-refractivity contribution in [1.29, 1.82) is 0 Å². The summed E-state index contributed by atoms with van der Waals surface area (Å²) in [6, 6.07) is 61.3. The van der Waals surface area contributed by atoms with Gasteiger partial charge in [-0.05, 0) is 109 Å². The molecule has 0 saturated carbocycles. The van der Waals surface area contributed by atoms with Crippen LogP contribution in [0.2, 0.25) is 0 Å². The molecule has 0 atom stereocenters. The van der Waals surface area contributed by atoms with Gasteiger partial charge in [-0.2, -0.15) is 0 Å². The van der Waals surface area contributed by atoms with Gasteiger partial charge in [0.25, 0.3) is 0 Å². The van der Waals surface area contributed by atoms with Crippen LogP contribution in [0.15, 0.2) is 170 Å². The molecule has 0 fully saturated rings. The summed E-state index contributed by atoms with van der Waals surface area (Å²) in [7, 11) is 0. The van der Waals surface area contributed by atoms with E-state index >= 15 is 0 Å². The Balaban J connectivity index is 1.28. The van der Waals surface area contributed by atoms with Crippen molar-refractivity contribution in [1.82, 2.24) is 0 Å². The van der Waals surface area contributed by atoms with Crippen LogP contribution in [0.25, 0.3) is 43.8 Å². The summed E-state index contributed by atoms with van der Waals surface area (Å²) < 4.78 is 0. The largest absolute Gasteiger partial charge is 0.310 e. The van der Waals surface area contributed by atoms with Gasteiger partial charge in [-0.15, -0.1) is 0 Å². The van der Waals surface area contributed by atoms with Gasteiger partial charge in [-0.25, -0.2) is 0 Å². The maximum Gasteiger partial charge on any atom is 0.150 e. The lowest BCUT2D eigenvalue weighted by atomic mass is 9.70. The van der Waals surface area contributed by atoms with E-state index in [4.69, 9.17) is 0 Å². The fourth-order valence-corrected chi connectivity index (χ4v) is 8.44. The summed E-state index contributed by atoms with van der Waals surface area (Å²) in [4.78, 5) is 14.6. The molecule has 8 aromatic rings. The number of hydrogen-bond donors (Lipinski definition) is 0. The van der Waals surface area contributed by atoms with Crippen LogP contribution in [-0.2, 0) is 5.41 Å². The predicted octanol–water partition coefficient (Wildman–Crippen LogP) is 11.6. The van der Waals surface area contributed by atoms with E-state index in [0.717, 1.165) is 23.3 Å². The Morgan fingerprint density at radius 3 is 1.40 bits per heavy atom. The number of benzene rings is 8. The lowest BCUT2D eigenvalue weighted by molar-refractivity contribution is 0.112. The van der Waals surface area contributed by atoms with Gasteiger partial charge in [0, 0.05) is 22.6 Å². The van der Waals surface area contributed by atoms with Gasteiger partial charge < -0.3 is 4.90 Å². The van der Waals surface area contributed by atoms with E-state index in [9.17, 15) is 4.79 Å². The first kappa shape index (κ1) is 26.9. The third-order valence-corrected chi connectivity index (χ3v) is 10.5. The molecule has 0 unspecified atom stereocenters. The molecule has 0 N–H and O–H groups in total. The molecule has 2 heteroatoms. The Morgan fingerprint density at radius 1 is 0.375 bits per heavy atom. The van der Waals surface area contributed by atoms with Crippen molar-refractivity contribution < 1.29 is 4.79 Å². The third kappa shape index (κ3) is 3.66. The summed E-state index contributed by atoms with van der Waals surface area (Å²) in [5, 5.41) is 4.83. The minimum absolute atomic E-state index is 0.550. The van der Waals surface area contributed by atoms with E-state index in [-0.39, 0.29) is 0 Å². The average molecular weight is 612 g/mol. The molecule has 0 heterocycles. The summed E-state index contributed by atoms with van der Waals surface area (Å²) >= 11 is 0. The van der Waals surface area contributed by atoms with Crippen molar-refractivity contribution in [2.24, 2.45) is 0 Å². The number of fused-ring (bicyclic) bond motifs is 12. The molecule has 0 bridgehead atoms. The minimum Gasteiger partial charge on any atom is -0.310 e. The Hall–Kier alpha value is -6.25. The number of anilines is 3. The second-order valence-electron chi connectivity index (χ2n) is 12.9. The molecule has 10 rings (SSSR count). The standard InChI is InChI=1S/C46H29NO/c48-29-30-17-23-40-41-24-22-37(28-45(41)46(44(40)25-30)42-15-7-5-13-38(42)39-14-6-8-16-43(39)46)47(35-20-18-31-9-1-3-11-33(31)26-35)36-21-19-32-10-2-4-12-34(32)27-36/h1-29H. The van der Waals surface area contributed by atoms with Gasteiger partial charge in [0.1, 0.15) is 6.29 Å². The van der Waals surface area contributed by atoms with Gasteiger partial charge in [0.2, 0.25) is 0 Å². The average Bonchev–Trinajstić information content (AvgIpc) is 3.61. The van der Waals surface area contributed by atoms with E-state index < -0.39 is 5.41 Å². The SMILES string of the molecule is O=Cc1ccc2c(c1)C1(c3ccccc3-c3ccccc31)c1cc(N(c3ccc4ccccc4c3)c3ccc4ccccc4c3)ccc1-2. The third-order valence-electron chi connectivity index (χ3n) is 10.5. The van der Waals surface area contributed by atoms with E-state index in [1.165, 1.54) is 66.1 Å². The first-order chi connectivity index (χ1) is 23.7. The monoisotopic (exact) mass is 611 g/mol. The molecule has 0 saturated heterocycles. The highest BCUT2D eigenvalue weighted by Crippen LogP contribution is 2.63. The zero-order chi connectivity index (χ0) is 31.8. The van der Waals surface area contributed by atoms with Gasteiger partial charge in [-0.3, -0.25) is 4.79 Å². The highest BCUT2D eigenvalue weighted by molar-refractivity contribution is 5.98. The molecule has 0 radical (unpaired) electrons. The molecular weight excluding hydrogens is 583 g/mol. The van der Waals surface area contributed by atoms with Crippen LogP contribution < -0.4 is 4.90 Å². The second-order valence-corrected chi connectivity index (χ2v) is 12.9. The molecule has 224 valence electrons. The maximum atomic E-state index is 12.2. The van der Waals surface area contributed by atoms with E-state index in [1.54, 1.807) is 0 Å². The van der Waals surface area contributed by atoms with Crippen molar-refractivity contribution in [2.45, 2.75) is 5.41 Å². The summed E-state index contributed by atoms with van der Waals surface area (Å²) in [5.41, 5.74) is 13.2. The van der Waals surface area contributed by atoms with Gasteiger partial charge in [0.15, 0.2) is 0 Å². The molecule has 48 heavy (non-hydrogen) atoms. The zero-order valence-electron chi connectivity index (χ0n) is 26.1. The quantitative estimate of drug-likeness (QED) is 0.185. The smallest absolute Gasteiger partial charge is 0.150 e. The number of rotatable bonds is 4. The molecule has 2 aliphatic carbocycles. The van der Waals surface area contributed by atoms with Crippen molar-refractivity contribution in [2.75, 3.05) is 4.90 Å². The van der Waals surface area contributed by atoms with Gasteiger partial charge in [-0.1, -0.05) is 127 Å². The number of hydrogen-bond acceptors (Lipinski definition) is 2. The van der Waals surface area contributed by atoms with Crippen molar-refractivity contribution in [3.05, 3.63) is 198 Å². The van der Waals surface area contributed by atoms with E-state index in [2.05, 4.69) is 169 Å². The van der Waals surface area contributed by atoms with Crippen LogP contribution in [0, 0.1) is 0 Å². The Bertz CT molecular complexity index is 2490. The summed E-state index contributed by atoms with van der Waals surface area (Å²) in [5.74, 6) is 0. The van der Waals surface area contributed by atoms with Crippen LogP contribution in [-0.4, -0.2) is 6.29 Å². The number of nitrogens with zero attached hydrogens (tertiary/aromatic N) is 1. The first-order valence-electron chi connectivity index (χ1n) is 16.5. The molecule has 0 aliphatic heterocycles. The molecule has 8 aromatic carbocycles. The van der Waals surface area contributed by atoms with Crippen LogP contribution in [0.5, 0.6) is 0 Å². The minimum atomic E-state index is -0.550. The molecule has 0 aromatic heterocycles. The Morgan fingerprint density at radius 2 is 0.812 bits per heavy atom. The number of carbonyl (C=O) groups excluding carboxylic acids is 1. The summed E-state index contributed by atoms with van der Waals surface area (Å²) in [6.45, 7) is 0. The van der Waals surface area contributed by atoms with Crippen molar-refractivity contribution in [3.63, 3.8) is 0 Å².